The monoisotopic (exact) mass is 934 g/mol. The number of aliphatic hydroxyl groups excluding tert-OH is 12. The van der Waals surface area contributed by atoms with E-state index < -0.39 is 136 Å². The van der Waals surface area contributed by atoms with Gasteiger partial charge in [-0.1, -0.05) is 27.7 Å². The molecule has 4 saturated heterocycles. The molecule has 0 bridgehead atoms. The lowest BCUT2D eigenvalue weighted by Gasteiger charge is -2.60. The molecule has 0 aromatic heterocycles. The van der Waals surface area contributed by atoms with Gasteiger partial charge in [0.2, 0.25) is 0 Å². The van der Waals surface area contributed by atoms with Crippen LogP contribution in [0.3, 0.4) is 0 Å². The zero-order chi connectivity index (χ0) is 47.0. The highest BCUT2D eigenvalue weighted by Gasteiger charge is 2.69. The van der Waals surface area contributed by atoms with Gasteiger partial charge >= 0.3 is 0 Å². The fourth-order valence-electron chi connectivity index (χ4n) is 14.0. The minimum absolute atomic E-state index is 0.0635. The molecule has 65 heavy (non-hydrogen) atoms. The van der Waals surface area contributed by atoms with Crippen molar-refractivity contribution in [3.05, 3.63) is 0 Å². The first-order valence-electron chi connectivity index (χ1n) is 23.8. The zero-order valence-corrected chi connectivity index (χ0v) is 37.6. The summed E-state index contributed by atoms with van der Waals surface area (Å²) in [5, 5.41) is 125. The number of ketones is 1. The molecule has 0 radical (unpaired) electrons. The predicted octanol–water partition coefficient (Wildman–Crippen LogP) is -2.95. The summed E-state index contributed by atoms with van der Waals surface area (Å²) in [7, 11) is 0. The Labute approximate surface area is 378 Å². The second-order valence-corrected chi connectivity index (χ2v) is 21.3. The summed E-state index contributed by atoms with van der Waals surface area (Å²) in [4.78, 5) is 14.7. The molecule has 374 valence electrons. The van der Waals surface area contributed by atoms with E-state index >= 15 is 0 Å². The average molecular weight is 935 g/mol. The van der Waals surface area contributed by atoms with Crippen LogP contribution >= 0.6 is 0 Å². The minimum atomic E-state index is -1.78. The van der Waals surface area contributed by atoms with E-state index in [1.54, 1.807) is 0 Å². The van der Waals surface area contributed by atoms with Crippen molar-refractivity contribution in [2.45, 2.75) is 196 Å². The summed E-state index contributed by atoms with van der Waals surface area (Å²) in [5.74, 6) is 0.558. The summed E-state index contributed by atoms with van der Waals surface area (Å²) in [6, 6.07) is 0. The van der Waals surface area contributed by atoms with Crippen molar-refractivity contribution in [3.8, 4) is 0 Å². The van der Waals surface area contributed by atoms with Crippen LogP contribution < -0.4 is 0 Å². The number of hydrogen-bond donors (Lipinski definition) is 12. The Bertz CT molecular complexity index is 1620. The van der Waals surface area contributed by atoms with Gasteiger partial charge in [-0.25, -0.2) is 0 Å². The summed E-state index contributed by atoms with van der Waals surface area (Å²) in [6.07, 6.45) is -19.0. The first-order chi connectivity index (χ1) is 30.8. The predicted molar refractivity (Wildman–Crippen MR) is 220 cm³/mol. The Morgan fingerprint density at radius 1 is 0.692 bits per heavy atom. The number of fused-ring (bicyclic) bond motifs is 7. The van der Waals surface area contributed by atoms with Gasteiger partial charge in [-0.2, -0.15) is 0 Å². The number of carbonyl (C=O) groups is 1. The largest absolute Gasteiger partial charge is 0.394 e. The normalized spacial score (nSPS) is 54.3. The molecular weight excluding hydrogens is 860 g/mol. The molecule has 4 saturated carbocycles. The third-order valence-electron chi connectivity index (χ3n) is 17.7. The van der Waals surface area contributed by atoms with Crippen molar-refractivity contribution >= 4 is 5.78 Å². The van der Waals surface area contributed by atoms with Gasteiger partial charge in [0.15, 0.2) is 18.9 Å². The van der Waals surface area contributed by atoms with Crippen LogP contribution in [0.5, 0.6) is 0 Å². The quantitative estimate of drug-likeness (QED) is 0.0822. The second kappa shape index (κ2) is 19.6. The van der Waals surface area contributed by atoms with Crippen molar-refractivity contribution in [1.29, 1.82) is 0 Å². The van der Waals surface area contributed by atoms with Crippen molar-refractivity contribution in [2.24, 2.45) is 52.3 Å². The fourth-order valence-corrected chi connectivity index (χ4v) is 14.0. The smallest absolute Gasteiger partial charge is 0.187 e. The standard InChI is InChI=1S/C45H74O20/c1-17(16-59-41-37(57)34(54)31(51)26(13-46)62-41)9-24(49)39-18(2)30-25(61-39)11-23-21-6-5-19-10-20(7-8-44(19,3)22(21)12-29(50)45(23,30)4)60-43-40(36(56)33(53)28(15-48)64-43)65-42-38(58)35(55)32(52)27(14-47)63-42/h17-28,30-43,46-49,51-58H,5-16H2,1-4H3. The first-order valence-corrected chi connectivity index (χ1v) is 23.8. The van der Waals surface area contributed by atoms with Crippen LogP contribution in [0.15, 0.2) is 0 Å². The van der Waals surface area contributed by atoms with Crippen LogP contribution in [-0.2, 0) is 38.0 Å². The number of ether oxygens (including phenoxy) is 7. The highest BCUT2D eigenvalue weighted by atomic mass is 16.8. The van der Waals surface area contributed by atoms with Crippen LogP contribution in [0, 0.1) is 52.3 Å². The van der Waals surface area contributed by atoms with Crippen molar-refractivity contribution in [1.82, 2.24) is 0 Å². The third kappa shape index (κ3) is 8.79. The van der Waals surface area contributed by atoms with Crippen LogP contribution in [0.4, 0.5) is 0 Å². The number of carbonyl (C=O) groups excluding carboxylic acids is 1. The maximum absolute atomic E-state index is 14.7. The van der Waals surface area contributed by atoms with Crippen molar-refractivity contribution in [3.63, 3.8) is 0 Å². The van der Waals surface area contributed by atoms with Gasteiger partial charge in [-0.05, 0) is 85.9 Å². The van der Waals surface area contributed by atoms with Gasteiger partial charge in [0.05, 0.1) is 50.8 Å². The highest BCUT2D eigenvalue weighted by Crippen LogP contribution is 2.69. The maximum atomic E-state index is 14.7. The van der Waals surface area contributed by atoms with Gasteiger partial charge < -0.3 is 94.4 Å². The van der Waals surface area contributed by atoms with E-state index in [-0.39, 0.29) is 59.4 Å². The maximum Gasteiger partial charge on any atom is 0.187 e. The van der Waals surface area contributed by atoms with E-state index in [9.17, 15) is 66.1 Å². The average Bonchev–Trinajstić information content (AvgIpc) is 3.79. The zero-order valence-electron chi connectivity index (χ0n) is 37.6. The summed E-state index contributed by atoms with van der Waals surface area (Å²) in [5.41, 5.74) is -0.802. The van der Waals surface area contributed by atoms with Gasteiger partial charge in [0, 0.05) is 17.8 Å². The van der Waals surface area contributed by atoms with Crippen LogP contribution in [-0.4, -0.2) is 210 Å². The molecule has 8 rings (SSSR count). The second-order valence-electron chi connectivity index (χ2n) is 21.3. The van der Waals surface area contributed by atoms with Crippen molar-refractivity contribution < 1.29 is 99.2 Å². The molecule has 20 nitrogen and oxygen atoms in total. The van der Waals surface area contributed by atoms with Crippen LogP contribution in [0.1, 0.15) is 79.1 Å². The van der Waals surface area contributed by atoms with E-state index in [1.165, 1.54) is 0 Å². The lowest BCUT2D eigenvalue weighted by molar-refractivity contribution is -0.373. The molecule has 0 aromatic rings. The summed E-state index contributed by atoms with van der Waals surface area (Å²) >= 11 is 0. The number of Topliss-reactive ketones (excluding diaryl/α,β-unsaturated/α-hetero) is 1. The molecular formula is C45H74O20. The Balaban J connectivity index is 0.885. The fraction of sp³-hybridized carbons (Fsp3) is 0.978. The lowest BCUT2D eigenvalue weighted by atomic mass is 9.44. The number of rotatable bonds is 13. The van der Waals surface area contributed by atoms with Gasteiger partial charge in [0.25, 0.3) is 0 Å². The van der Waals surface area contributed by atoms with Crippen LogP contribution in [0.2, 0.25) is 0 Å². The van der Waals surface area contributed by atoms with E-state index in [0.29, 0.717) is 31.6 Å². The molecule has 8 fully saturated rings. The Kier molecular flexibility index (Phi) is 15.2. The van der Waals surface area contributed by atoms with Gasteiger partial charge in [-0.15, -0.1) is 0 Å². The minimum Gasteiger partial charge on any atom is -0.394 e. The molecule has 8 aliphatic rings. The number of hydrogen-bond acceptors (Lipinski definition) is 20. The molecule has 4 heterocycles. The SMILES string of the molecule is CC(COC1OC(CO)C(O)C(O)C1O)CC(O)C1OC2CC3C4CCC5CC(OC6OC(CO)C(O)C(O)C6OC6OC(CO)C(O)C(O)C6O)CCC5(C)C4CC(=O)C3(C)C2C1C. The Morgan fingerprint density at radius 3 is 1.91 bits per heavy atom. The molecule has 28 unspecified atom stereocenters. The summed E-state index contributed by atoms with van der Waals surface area (Å²) < 4.78 is 41.8. The summed E-state index contributed by atoms with van der Waals surface area (Å²) in [6.45, 7) is 6.51. The van der Waals surface area contributed by atoms with Crippen LogP contribution in [0.25, 0.3) is 0 Å². The molecule has 20 heteroatoms. The van der Waals surface area contributed by atoms with E-state index in [0.717, 1.165) is 25.7 Å². The number of aliphatic hydroxyl groups is 12. The molecule has 12 N–H and O–H groups in total. The lowest BCUT2D eigenvalue weighted by Crippen LogP contribution is -2.65. The van der Waals surface area contributed by atoms with Gasteiger partial charge in [0.1, 0.15) is 79.0 Å². The molecule has 0 aromatic carbocycles. The highest BCUT2D eigenvalue weighted by molar-refractivity contribution is 5.87. The molecule has 4 aliphatic heterocycles. The Hall–Kier alpha value is -1.09. The first kappa shape index (κ1) is 50.3. The van der Waals surface area contributed by atoms with Gasteiger partial charge in [-0.3, -0.25) is 4.79 Å². The van der Waals surface area contributed by atoms with E-state index in [2.05, 4.69) is 20.8 Å². The molecule has 28 atom stereocenters. The van der Waals surface area contributed by atoms with E-state index in [4.69, 9.17) is 33.2 Å². The third-order valence-corrected chi connectivity index (χ3v) is 17.7. The molecule has 4 aliphatic carbocycles. The Morgan fingerprint density at radius 2 is 1.28 bits per heavy atom. The molecule has 0 spiro atoms. The topological polar surface area (TPSA) is 324 Å². The van der Waals surface area contributed by atoms with Crippen molar-refractivity contribution in [2.75, 3.05) is 26.4 Å². The molecule has 0 amide bonds. The van der Waals surface area contributed by atoms with E-state index in [1.807, 2.05) is 6.92 Å².